The van der Waals surface area contributed by atoms with Gasteiger partial charge in [-0.2, -0.15) is 0 Å². The molecule has 20 heavy (non-hydrogen) atoms. The molecule has 10 heteroatoms. The first kappa shape index (κ1) is 14.6. The van der Waals surface area contributed by atoms with Crippen LogP contribution < -0.4 is 5.73 Å². The first-order valence-corrected chi connectivity index (χ1v) is 6.74. The molecule has 1 aromatic rings. The van der Waals surface area contributed by atoms with E-state index in [9.17, 15) is 26.4 Å². The van der Waals surface area contributed by atoms with E-state index in [1.54, 1.807) is 0 Å². The summed E-state index contributed by atoms with van der Waals surface area (Å²) in [5, 5.41) is 0. The standard InChI is InChI=1S/C10H9F3N2O4S/c11-10(12,13)19-4-3-15-9(16)7-5-6(14)1-2-8(7)20(15,17)18/h1-2,5H,3-4,14H2. The summed E-state index contributed by atoms with van der Waals surface area (Å²) >= 11 is 0. The molecule has 0 saturated heterocycles. The molecule has 6 nitrogen and oxygen atoms in total. The van der Waals surface area contributed by atoms with E-state index in [1.165, 1.54) is 12.1 Å². The highest BCUT2D eigenvalue weighted by Gasteiger charge is 2.41. The van der Waals surface area contributed by atoms with Gasteiger partial charge in [0, 0.05) is 5.69 Å². The number of rotatable bonds is 3. The molecule has 0 atom stereocenters. The van der Waals surface area contributed by atoms with E-state index in [4.69, 9.17) is 5.73 Å². The second-order valence-electron chi connectivity index (χ2n) is 3.93. The largest absolute Gasteiger partial charge is 0.522 e. The molecule has 1 amide bonds. The van der Waals surface area contributed by atoms with Crippen LogP contribution in [0.5, 0.6) is 0 Å². The minimum Gasteiger partial charge on any atom is -0.399 e. The summed E-state index contributed by atoms with van der Waals surface area (Å²) in [6, 6.07) is 3.60. The van der Waals surface area contributed by atoms with Gasteiger partial charge < -0.3 is 5.73 Å². The predicted molar refractivity (Wildman–Crippen MR) is 61.1 cm³/mol. The Labute approximate surface area is 112 Å². The van der Waals surface area contributed by atoms with Crippen LogP contribution >= 0.6 is 0 Å². The molecule has 1 aromatic carbocycles. The zero-order valence-corrected chi connectivity index (χ0v) is 10.7. The number of fused-ring (bicyclic) bond motifs is 1. The Morgan fingerprint density at radius 1 is 1.30 bits per heavy atom. The van der Waals surface area contributed by atoms with Gasteiger partial charge in [-0.1, -0.05) is 0 Å². The zero-order valence-electron chi connectivity index (χ0n) is 9.85. The second-order valence-corrected chi connectivity index (χ2v) is 5.76. The van der Waals surface area contributed by atoms with Crippen LogP contribution in [-0.4, -0.2) is 38.1 Å². The van der Waals surface area contributed by atoms with Gasteiger partial charge in [-0.15, -0.1) is 13.2 Å². The third-order valence-corrected chi connectivity index (χ3v) is 4.43. The normalized spacial score (nSPS) is 17.4. The van der Waals surface area contributed by atoms with Gasteiger partial charge in [0.1, 0.15) is 4.90 Å². The summed E-state index contributed by atoms with van der Waals surface area (Å²) in [6.45, 7) is -1.70. The summed E-state index contributed by atoms with van der Waals surface area (Å²) in [4.78, 5) is 11.6. The number of ether oxygens (including phenoxy) is 1. The van der Waals surface area contributed by atoms with Crippen LogP contribution in [0.4, 0.5) is 18.9 Å². The number of sulfonamides is 1. The number of alkyl halides is 3. The number of hydrogen-bond donors (Lipinski definition) is 1. The monoisotopic (exact) mass is 310 g/mol. The number of nitrogen functional groups attached to an aromatic ring is 1. The Morgan fingerprint density at radius 2 is 1.95 bits per heavy atom. The summed E-state index contributed by atoms with van der Waals surface area (Å²) < 4.78 is 63.3. The fourth-order valence-corrected chi connectivity index (χ4v) is 3.30. The Morgan fingerprint density at radius 3 is 2.55 bits per heavy atom. The van der Waals surface area contributed by atoms with E-state index in [1.807, 2.05) is 0 Å². The molecular weight excluding hydrogens is 301 g/mol. The van der Waals surface area contributed by atoms with Crippen LogP contribution in [0, 0.1) is 0 Å². The number of carbonyl (C=O) groups is 1. The van der Waals surface area contributed by atoms with Gasteiger partial charge in [-0.05, 0) is 18.2 Å². The van der Waals surface area contributed by atoms with Crippen molar-refractivity contribution in [2.24, 2.45) is 0 Å². The summed E-state index contributed by atoms with van der Waals surface area (Å²) in [7, 11) is -4.15. The van der Waals surface area contributed by atoms with Crippen molar-refractivity contribution >= 4 is 21.6 Å². The van der Waals surface area contributed by atoms with Crippen molar-refractivity contribution in [2.75, 3.05) is 18.9 Å². The third kappa shape index (κ3) is 2.56. The average Bonchev–Trinajstić information content (AvgIpc) is 2.48. The molecule has 0 aliphatic carbocycles. The maximum absolute atomic E-state index is 12.0. The molecule has 0 spiro atoms. The highest BCUT2D eigenvalue weighted by molar-refractivity contribution is 7.90. The molecule has 0 radical (unpaired) electrons. The molecule has 110 valence electrons. The second kappa shape index (κ2) is 4.63. The Bertz CT molecular complexity index is 657. The van der Waals surface area contributed by atoms with Crippen molar-refractivity contribution in [3.05, 3.63) is 23.8 Å². The van der Waals surface area contributed by atoms with Crippen molar-refractivity contribution < 1.29 is 31.1 Å². The van der Waals surface area contributed by atoms with E-state index >= 15 is 0 Å². The molecule has 0 fully saturated rings. The van der Waals surface area contributed by atoms with Crippen molar-refractivity contribution in [1.29, 1.82) is 0 Å². The maximum Gasteiger partial charge on any atom is 0.522 e. The van der Waals surface area contributed by atoms with E-state index < -0.39 is 35.4 Å². The van der Waals surface area contributed by atoms with Crippen LogP contribution in [0.2, 0.25) is 0 Å². The quantitative estimate of drug-likeness (QED) is 0.840. The van der Waals surface area contributed by atoms with E-state index in [0.29, 0.717) is 4.31 Å². The lowest BCUT2D eigenvalue weighted by atomic mass is 10.2. The van der Waals surface area contributed by atoms with Crippen LogP contribution in [0.25, 0.3) is 0 Å². The molecule has 1 heterocycles. The van der Waals surface area contributed by atoms with E-state index in [2.05, 4.69) is 4.74 Å². The molecule has 2 rings (SSSR count). The lowest BCUT2D eigenvalue weighted by Crippen LogP contribution is -2.34. The fraction of sp³-hybridized carbons (Fsp3) is 0.300. The lowest BCUT2D eigenvalue weighted by molar-refractivity contribution is -0.324. The smallest absolute Gasteiger partial charge is 0.399 e. The van der Waals surface area contributed by atoms with Crippen LogP contribution in [0.3, 0.4) is 0 Å². The average molecular weight is 310 g/mol. The summed E-state index contributed by atoms with van der Waals surface area (Å²) in [5.74, 6) is -0.918. The van der Waals surface area contributed by atoms with Crippen LogP contribution in [0.15, 0.2) is 23.1 Å². The lowest BCUT2D eigenvalue weighted by Gasteiger charge is -2.15. The number of nitrogens with two attached hydrogens (primary N) is 1. The molecule has 1 aliphatic heterocycles. The van der Waals surface area contributed by atoms with Crippen molar-refractivity contribution in [3.63, 3.8) is 0 Å². The van der Waals surface area contributed by atoms with E-state index in [0.717, 1.165) is 6.07 Å². The van der Waals surface area contributed by atoms with Crippen LogP contribution in [-0.2, 0) is 14.8 Å². The molecule has 0 saturated carbocycles. The number of amides is 1. The molecular formula is C10H9F3N2O4S. The topological polar surface area (TPSA) is 89.7 Å². The fourth-order valence-electron chi connectivity index (χ4n) is 1.77. The third-order valence-electron chi connectivity index (χ3n) is 2.59. The Balaban J connectivity index is 2.24. The van der Waals surface area contributed by atoms with Gasteiger partial charge in [0.15, 0.2) is 0 Å². The van der Waals surface area contributed by atoms with Gasteiger partial charge in [0.05, 0.1) is 18.7 Å². The van der Waals surface area contributed by atoms with Crippen LogP contribution in [0.1, 0.15) is 10.4 Å². The molecule has 2 N–H and O–H groups in total. The number of anilines is 1. The van der Waals surface area contributed by atoms with Gasteiger partial charge in [-0.3, -0.25) is 9.53 Å². The first-order valence-electron chi connectivity index (χ1n) is 5.30. The van der Waals surface area contributed by atoms with Gasteiger partial charge in [0.2, 0.25) is 0 Å². The molecule has 0 bridgehead atoms. The van der Waals surface area contributed by atoms with Gasteiger partial charge in [0.25, 0.3) is 15.9 Å². The van der Waals surface area contributed by atoms with E-state index in [-0.39, 0.29) is 16.1 Å². The van der Waals surface area contributed by atoms with Crippen molar-refractivity contribution in [2.45, 2.75) is 11.3 Å². The molecule has 0 unspecified atom stereocenters. The Kier molecular flexibility index (Phi) is 3.38. The van der Waals surface area contributed by atoms with Gasteiger partial charge >= 0.3 is 6.36 Å². The van der Waals surface area contributed by atoms with Gasteiger partial charge in [-0.25, -0.2) is 12.7 Å². The van der Waals surface area contributed by atoms with Crippen molar-refractivity contribution in [1.82, 2.24) is 4.31 Å². The molecule has 1 aliphatic rings. The number of nitrogens with zero attached hydrogens (tertiary/aromatic N) is 1. The van der Waals surface area contributed by atoms with Crippen molar-refractivity contribution in [3.8, 4) is 0 Å². The minimum atomic E-state index is -4.89. The SMILES string of the molecule is Nc1ccc2c(c1)C(=O)N(CCOC(F)(F)F)S2(=O)=O. The maximum atomic E-state index is 12.0. The predicted octanol–water partition coefficient (Wildman–Crippen LogP) is 0.950. The summed E-state index contributed by atoms with van der Waals surface area (Å²) in [6.07, 6.45) is -4.89. The zero-order chi connectivity index (χ0) is 15.1. The highest BCUT2D eigenvalue weighted by atomic mass is 32.2. The number of halogens is 3. The number of hydrogen-bond acceptors (Lipinski definition) is 5. The first-order chi connectivity index (χ1) is 9.13. The molecule has 0 aromatic heterocycles. The minimum absolute atomic E-state index is 0.156. The summed E-state index contributed by atoms with van der Waals surface area (Å²) in [5.41, 5.74) is 5.47. The number of benzene rings is 1. The Hall–Kier alpha value is -1.81. The number of carbonyl (C=O) groups excluding carboxylic acids is 1. The highest BCUT2D eigenvalue weighted by Crippen LogP contribution is 2.31.